The van der Waals surface area contributed by atoms with Crippen molar-refractivity contribution in [3.05, 3.63) is 102 Å². The van der Waals surface area contributed by atoms with Crippen LogP contribution in [0.5, 0.6) is 0 Å². The van der Waals surface area contributed by atoms with Crippen molar-refractivity contribution >= 4 is 40.6 Å². The summed E-state index contributed by atoms with van der Waals surface area (Å²) < 4.78 is 29.1. The second kappa shape index (κ2) is 8.99. The van der Waals surface area contributed by atoms with Crippen LogP contribution >= 0.6 is 7.14 Å². The molecule has 2 aliphatic rings. The van der Waals surface area contributed by atoms with Gasteiger partial charge in [-0.15, -0.1) is 0 Å². The van der Waals surface area contributed by atoms with Gasteiger partial charge in [0.2, 0.25) is 0 Å². The first-order chi connectivity index (χ1) is 17.5. The molecule has 0 aliphatic carbocycles. The lowest BCUT2D eigenvalue weighted by atomic mass is 9.95. The van der Waals surface area contributed by atoms with Gasteiger partial charge in [0.1, 0.15) is 25.1 Å². The molecule has 0 spiro atoms. The Morgan fingerprint density at radius 2 is 1.72 bits per heavy atom. The van der Waals surface area contributed by atoms with Crippen LogP contribution in [0, 0.1) is 5.82 Å². The first-order valence-electron chi connectivity index (χ1n) is 11.9. The Morgan fingerprint density at radius 3 is 2.56 bits per heavy atom. The minimum Gasteiger partial charge on any atom is -0.355 e. The summed E-state index contributed by atoms with van der Waals surface area (Å²) in [6, 6.07) is 20.8. The van der Waals surface area contributed by atoms with Crippen molar-refractivity contribution in [1.82, 2.24) is 15.4 Å². The Morgan fingerprint density at radius 1 is 0.972 bits per heavy atom. The smallest absolute Gasteiger partial charge is 0.139 e. The molecular weight excluding hydrogens is 472 g/mol. The van der Waals surface area contributed by atoms with Crippen LogP contribution in [0.4, 0.5) is 10.2 Å². The third-order valence-corrected chi connectivity index (χ3v) is 10.1. The Kier molecular flexibility index (Phi) is 5.65. The lowest BCUT2D eigenvalue weighted by Gasteiger charge is -2.34. The van der Waals surface area contributed by atoms with Gasteiger partial charge in [-0.2, -0.15) is 5.10 Å². The zero-order valence-corrected chi connectivity index (χ0v) is 20.6. The number of hydrogen-bond donors (Lipinski definition) is 1. The fraction of sp³-hybridized carbons (Fsp3) is 0.179. The topological polar surface area (TPSA) is 70.5 Å². The van der Waals surface area contributed by atoms with Crippen LogP contribution in [0.3, 0.4) is 0 Å². The van der Waals surface area contributed by atoms with Gasteiger partial charge in [-0.3, -0.25) is 5.43 Å². The zero-order valence-electron chi connectivity index (χ0n) is 19.7. The van der Waals surface area contributed by atoms with E-state index < -0.39 is 13.0 Å². The van der Waals surface area contributed by atoms with E-state index in [0.29, 0.717) is 37.1 Å². The van der Waals surface area contributed by atoms with Crippen molar-refractivity contribution in [1.29, 1.82) is 0 Å². The first kappa shape index (κ1) is 22.6. The number of rotatable bonds is 4. The fourth-order valence-corrected chi connectivity index (χ4v) is 7.74. The molecule has 0 atom stereocenters. The second-order valence-electron chi connectivity index (χ2n) is 9.19. The van der Waals surface area contributed by atoms with Crippen molar-refractivity contribution in [3.63, 3.8) is 0 Å². The molecule has 6 nitrogen and oxygen atoms in total. The predicted molar refractivity (Wildman–Crippen MR) is 144 cm³/mol. The van der Waals surface area contributed by atoms with E-state index in [0.717, 1.165) is 44.8 Å². The maximum Gasteiger partial charge on any atom is 0.139 e. The van der Waals surface area contributed by atoms with E-state index in [9.17, 15) is 4.57 Å². The van der Waals surface area contributed by atoms with Crippen LogP contribution in [0.1, 0.15) is 16.7 Å². The highest BCUT2D eigenvalue weighted by Crippen LogP contribution is 2.48. The average Bonchev–Trinajstić information content (AvgIpc) is 2.91. The Balaban J connectivity index is 1.25. The number of fused-ring (bicyclic) bond motifs is 2. The summed E-state index contributed by atoms with van der Waals surface area (Å²) in [6.45, 7) is 5.12. The number of hydrogen-bond acceptors (Lipinski definition) is 6. The number of halogens is 1. The van der Waals surface area contributed by atoms with Crippen LogP contribution in [-0.4, -0.2) is 41.1 Å². The molecule has 0 unspecified atom stereocenters. The van der Waals surface area contributed by atoms with E-state index in [4.69, 9.17) is 0 Å². The standard InChI is InChI=1S/C28H25FN5OP/c1-19-21-6-2-3-7-22(21)26(33-32-19)16-20-10-11-24(29)27(17-20)36(35)14-12-34(13-15-36)28-23-8-4-5-9-25(23)30-18-31-28/h2-11,17-18,32H,1,12-16H2. The summed E-state index contributed by atoms with van der Waals surface area (Å²) in [6.07, 6.45) is 2.86. The molecule has 1 aromatic heterocycles. The maximum atomic E-state index is 15.0. The molecule has 2 aliphatic heterocycles. The van der Waals surface area contributed by atoms with Crippen molar-refractivity contribution < 1.29 is 8.96 Å². The normalized spacial score (nSPS) is 16.9. The predicted octanol–water partition coefficient (Wildman–Crippen LogP) is 4.80. The Hall–Kier alpha value is -3.83. The van der Waals surface area contributed by atoms with Crippen molar-refractivity contribution in [2.24, 2.45) is 5.10 Å². The van der Waals surface area contributed by atoms with Crippen molar-refractivity contribution in [3.8, 4) is 0 Å². The molecule has 0 bridgehead atoms. The summed E-state index contributed by atoms with van der Waals surface area (Å²) in [4.78, 5) is 11.0. The molecule has 1 fully saturated rings. The third kappa shape index (κ3) is 3.99. The number of aromatic nitrogens is 2. The molecular formula is C28H25FN5OP. The molecule has 8 heteroatoms. The van der Waals surface area contributed by atoms with E-state index in [1.165, 1.54) is 6.07 Å². The quantitative estimate of drug-likeness (QED) is 0.411. The van der Waals surface area contributed by atoms with Gasteiger partial charge in [-0.05, 0) is 29.8 Å². The van der Waals surface area contributed by atoms with Crippen LogP contribution in [0.25, 0.3) is 16.6 Å². The van der Waals surface area contributed by atoms with E-state index in [1.54, 1.807) is 18.5 Å². The van der Waals surface area contributed by atoms with Crippen LogP contribution < -0.4 is 15.6 Å². The molecule has 4 aromatic rings. The molecule has 0 amide bonds. The number of hydrazone groups is 1. The molecule has 1 saturated heterocycles. The molecule has 6 rings (SSSR count). The Bertz CT molecular complexity index is 1570. The summed E-state index contributed by atoms with van der Waals surface area (Å²) in [7, 11) is -2.91. The molecule has 36 heavy (non-hydrogen) atoms. The first-order valence-corrected chi connectivity index (χ1v) is 14.0. The third-order valence-electron chi connectivity index (χ3n) is 6.99. The monoisotopic (exact) mass is 497 g/mol. The van der Waals surface area contributed by atoms with E-state index in [2.05, 4.69) is 32.0 Å². The van der Waals surface area contributed by atoms with Crippen LogP contribution in [-0.2, 0) is 11.0 Å². The minimum atomic E-state index is -2.91. The lowest BCUT2D eigenvalue weighted by Crippen LogP contribution is -2.38. The second-order valence-corrected chi connectivity index (χ2v) is 12.3. The summed E-state index contributed by atoms with van der Waals surface area (Å²) in [5, 5.41) is 5.79. The average molecular weight is 498 g/mol. The van der Waals surface area contributed by atoms with Gasteiger partial charge in [-0.1, -0.05) is 49.0 Å². The fourth-order valence-electron chi connectivity index (χ4n) is 5.05. The molecule has 1 N–H and O–H groups in total. The zero-order chi connectivity index (χ0) is 24.7. The molecule has 0 saturated carbocycles. The van der Waals surface area contributed by atoms with Crippen molar-refractivity contribution in [2.75, 3.05) is 30.3 Å². The van der Waals surface area contributed by atoms with Gasteiger partial charge in [0, 0.05) is 53.7 Å². The minimum absolute atomic E-state index is 0.342. The molecule has 0 radical (unpaired) electrons. The van der Waals surface area contributed by atoms with Gasteiger partial charge in [0.15, 0.2) is 0 Å². The Labute approximate surface area is 209 Å². The molecule has 3 aromatic carbocycles. The highest BCUT2D eigenvalue weighted by atomic mass is 31.2. The molecule has 3 heterocycles. The number of nitrogens with zero attached hydrogens (tertiary/aromatic N) is 4. The highest BCUT2D eigenvalue weighted by molar-refractivity contribution is 7.71. The van der Waals surface area contributed by atoms with Crippen LogP contribution in [0.15, 0.2) is 84.7 Å². The van der Waals surface area contributed by atoms with E-state index in [1.807, 2.05) is 48.5 Å². The van der Waals surface area contributed by atoms with Gasteiger partial charge in [0.25, 0.3) is 0 Å². The summed E-state index contributed by atoms with van der Waals surface area (Å²) in [5.74, 6) is 0.435. The van der Waals surface area contributed by atoms with Gasteiger partial charge >= 0.3 is 0 Å². The molecule has 180 valence electrons. The maximum absolute atomic E-state index is 15.0. The number of benzene rings is 3. The number of anilines is 1. The highest BCUT2D eigenvalue weighted by Gasteiger charge is 2.34. The van der Waals surface area contributed by atoms with E-state index >= 15 is 4.39 Å². The van der Waals surface area contributed by atoms with Gasteiger partial charge < -0.3 is 9.46 Å². The van der Waals surface area contributed by atoms with Crippen LogP contribution in [0.2, 0.25) is 0 Å². The largest absolute Gasteiger partial charge is 0.355 e. The number of nitrogens with one attached hydrogen (secondary N) is 1. The van der Waals surface area contributed by atoms with E-state index in [-0.39, 0.29) is 0 Å². The summed E-state index contributed by atoms with van der Waals surface area (Å²) in [5.41, 5.74) is 8.35. The SMILES string of the molecule is C=C1NN=C(Cc2ccc(F)c(P3(=O)CCN(c4ncnc5ccccc45)CC3)c2)c2ccccc21. The van der Waals surface area contributed by atoms with Crippen molar-refractivity contribution in [2.45, 2.75) is 6.42 Å². The van der Waals surface area contributed by atoms with Gasteiger partial charge in [0.05, 0.1) is 16.9 Å². The van der Waals surface area contributed by atoms with Gasteiger partial charge in [-0.25, -0.2) is 14.4 Å². The lowest BCUT2D eigenvalue weighted by molar-refractivity contribution is 0.571. The number of para-hydroxylation sites is 1. The summed E-state index contributed by atoms with van der Waals surface area (Å²) >= 11 is 0.